The van der Waals surface area contributed by atoms with Crippen molar-refractivity contribution in [3.63, 3.8) is 0 Å². The quantitative estimate of drug-likeness (QED) is 0.692. The van der Waals surface area contributed by atoms with Crippen molar-refractivity contribution in [3.8, 4) is 0 Å². The first kappa shape index (κ1) is 16.4. The molecule has 0 saturated heterocycles. The molecule has 0 aliphatic rings. The second-order valence-electron chi connectivity index (χ2n) is 5.44. The van der Waals surface area contributed by atoms with E-state index in [2.05, 4.69) is 50.6 Å². The second-order valence-corrected chi connectivity index (χ2v) is 6.78. The highest BCUT2D eigenvalue weighted by atomic mass is 32.1. The maximum absolute atomic E-state index is 3.83. The van der Waals surface area contributed by atoms with Gasteiger partial charge in [-0.2, -0.15) is 0 Å². The van der Waals surface area contributed by atoms with E-state index in [4.69, 9.17) is 0 Å². The minimum absolute atomic E-state index is 0.712. The Morgan fingerprint density at radius 2 is 2.21 bits per heavy atom. The molecule has 0 saturated carbocycles. The molecule has 1 aromatic heterocycles. The van der Waals surface area contributed by atoms with Crippen molar-refractivity contribution in [1.82, 2.24) is 10.2 Å². The number of nitrogens with one attached hydrogen (secondary N) is 1. The Kier molecular flexibility index (Phi) is 7.36. The Bertz CT molecular complexity index is 382. The molecule has 0 radical (unpaired) electrons. The van der Waals surface area contributed by atoms with Crippen molar-refractivity contribution in [2.24, 2.45) is 5.92 Å². The third-order valence-electron chi connectivity index (χ3n) is 3.15. The van der Waals surface area contributed by atoms with Crippen LogP contribution in [0.1, 0.15) is 36.1 Å². The van der Waals surface area contributed by atoms with Gasteiger partial charge < -0.3 is 5.32 Å². The van der Waals surface area contributed by atoms with E-state index in [9.17, 15) is 0 Å². The number of hydrogen-bond acceptors (Lipinski definition) is 3. The predicted octanol–water partition coefficient (Wildman–Crippen LogP) is 3.81. The lowest BCUT2D eigenvalue weighted by Crippen LogP contribution is -2.22. The molecule has 0 bridgehead atoms. The molecule has 1 rings (SSSR count). The van der Waals surface area contributed by atoms with Crippen LogP contribution in [0.25, 0.3) is 0 Å². The van der Waals surface area contributed by atoms with Gasteiger partial charge in [0.25, 0.3) is 0 Å². The normalized spacial score (nSPS) is 11.5. The summed E-state index contributed by atoms with van der Waals surface area (Å²) >= 11 is 1.92. The SMILES string of the molecule is C=CCN(CC)Cc1cc(CNCC(C)C)sc1C. The highest BCUT2D eigenvalue weighted by molar-refractivity contribution is 7.12. The predicted molar refractivity (Wildman–Crippen MR) is 86.7 cm³/mol. The maximum Gasteiger partial charge on any atom is 0.0300 e. The Balaban J connectivity index is 2.55. The fraction of sp³-hybridized carbons (Fsp3) is 0.625. The lowest BCUT2D eigenvalue weighted by Gasteiger charge is -2.17. The van der Waals surface area contributed by atoms with E-state index < -0.39 is 0 Å². The number of hydrogen-bond donors (Lipinski definition) is 1. The number of aryl methyl sites for hydroxylation is 1. The summed E-state index contributed by atoms with van der Waals surface area (Å²) in [6.45, 7) is 17.9. The van der Waals surface area contributed by atoms with Crippen molar-refractivity contribution in [3.05, 3.63) is 34.0 Å². The molecule has 19 heavy (non-hydrogen) atoms. The first-order chi connectivity index (χ1) is 9.06. The summed E-state index contributed by atoms with van der Waals surface area (Å²) in [5.41, 5.74) is 1.47. The summed E-state index contributed by atoms with van der Waals surface area (Å²) in [7, 11) is 0. The van der Waals surface area contributed by atoms with Crippen LogP contribution in [-0.2, 0) is 13.1 Å². The first-order valence-electron chi connectivity index (χ1n) is 7.19. The van der Waals surface area contributed by atoms with Gasteiger partial charge in [-0.1, -0.05) is 26.8 Å². The number of rotatable bonds is 9. The molecule has 0 amide bonds. The summed E-state index contributed by atoms with van der Waals surface area (Å²) in [5, 5.41) is 3.51. The van der Waals surface area contributed by atoms with E-state index in [0.29, 0.717) is 5.92 Å². The number of thiophene rings is 1. The zero-order chi connectivity index (χ0) is 14.3. The van der Waals surface area contributed by atoms with Gasteiger partial charge in [-0.15, -0.1) is 17.9 Å². The molecule has 0 aliphatic heterocycles. The Morgan fingerprint density at radius 3 is 2.79 bits per heavy atom. The van der Waals surface area contributed by atoms with Crippen molar-refractivity contribution < 1.29 is 0 Å². The fourth-order valence-electron chi connectivity index (χ4n) is 2.04. The van der Waals surface area contributed by atoms with E-state index in [0.717, 1.165) is 32.7 Å². The monoisotopic (exact) mass is 280 g/mol. The van der Waals surface area contributed by atoms with Gasteiger partial charge in [-0.05, 0) is 37.6 Å². The van der Waals surface area contributed by atoms with Gasteiger partial charge in [-0.25, -0.2) is 0 Å². The van der Waals surface area contributed by atoms with Gasteiger partial charge in [-0.3, -0.25) is 4.90 Å². The van der Waals surface area contributed by atoms with E-state index in [-0.39, 0.29) is 0 Å². The zero-order valence-electron chi connectivity index (χ0n) is 12.8. The van der Waals surface area contributed by atoms with Crippen LogP contribution >= 0.6 is 11.3 Å². The molecule has 0 aromatic carbocycles. The minimum atomic E-state index is 0.712. The molecular weight excluding hydrogens is 252 g/mol. The van der Waals surface area contributed by atoms with Crippen molar-refractivity contribution in [1.29, 1.82) is 0 Å². The summed E-state index contributed by atoms with van der Waals surface area (Å²) < 4.78 is 0. The van der Waals surface area contributed by atoms with Gasteiger partial charge in [0.05, 0.1) is 0 Å². The summed E-state index contributed by atoms with van der Waals surface area (Å²) in [5.74, 6) is 0.712. The number of nitrogens with zero attached hydrogens (tertiary/aromatic N) is 1. The van der Waals surface area contributed by atoms with E-state index in [1.54, 1.807) is 0 Å². The maximum atomic E-state index is 3.83. The van der Waals surface area contributed by atoms with E-state index >= 15 is 0 Å². The highest BCUT2D eigenvalue weighted by Gasteiger charge is 2.09. The standard InChI is InChI=1S/C16H28N2S/c1-6-8-18(7-2)12-15-9-16(19-14(15)5)11-17-10-13(3)4/h6,9,13,17H,1,7-8,10-12H2,2-5H3. The van der Waals surface area contributed by atoms with E-state index in [1.165, 1.54) is 15.3 Å². The van der Waals surface area contributed by atoms with Gasteiger partial charge >= 0.3 is 0 Å². The molecule has 1 N–H and O–H groups in total. The summed E-state index contributed by atoms with van der Waals surface area (Å²) in [6, 6.07) is 2.36. The highest BCUT2D eigenvalue weighted by Crippen LogP contribution is 2.23. The molecule has 0 aliphatic carbocycles. The van der Waals surface area contributed by atoms with Crippen molar-refractivity contribution in [2.45, 2.75) is 40.8 Å². The van der Waals surface area contributed by atoms with Crippen molar-refractivity contribution in [2.75, 3.05) is 19.6 Å². The Hall–Kier alpha value is -0.640. The summed E-state index contributed by atoms with van der Waals surface area (Å²) in [4.78, 5) is 5.31. The van der Waals surface area contributed by atoms with Crippen LogP contribution in [0.2, 0.25) is 0 Å². The van der Waals surface area contributed by atoms with Crippen LogP contribution in [0, 0.1) is 12.8 Å². The largest absolute Gasteiger partial charge is 0.312 e. The molecule has 0 spiro atoms. The third-order valence-corrected chi connectivity index (χ3v) is 4.24. The smallest absolute Gasteiger partial charge is 0.0300 e. The molecule has 1 heterocycles. The average molecular weight is 280 g/mol. The second kappa shape index (κ2) is 8.51. The fourth-order valence-corrected chi connectivity index (χ4v) is 3.07. The minimum Gasteiger partial charge on any atom is -0.312 e. The lowest BCUT2D eigenvalue weighted by molar-refractivity contribution is 0.311. The van der Waals surface area contributed by atoms with Crippen molar-refractivity contribution >= 4 is 11.3 Å². The van der Waals surface area contributed by atoms with Crippen LogP contribution < -0.4 is 5.32 Å². The first-order valence-corrected chi connectivity index (χ1v) is 8.00. The molecule has 0 atom stereocenters. The molecule has 0 fully saturated rings. The summed E-state index contributed by atoms with van der Waals surface area (Å²) in [6.07, 6.45) is 1.98. The van der Waals surface area contributed by atoms with Gasteiger partial charge in [0.1, 0.15) is 0 Å². The Labute approximate surface area is 122 Å². The topological polar surface area (TPSA) is 15.3 Å². The molecule has 2 nitrogen and oxygen atoms in total. The Morgan fingerprint density at radius 1 is 1.47 bits per heavy atom. The van der Waals surface area contributed by atoms with Gasteiger partial charge in [0.15, 0.2) is 0 Å². The number of likely N-dealkylation sites (N-methyl/N-ethyl adjacent to an activating group) is 1. The third kappa shape index (κ3) is 5.89. The molecule has 1 aromatic rings. The molecular formula is C16H28N2S. The van der Waals surface area contributed by atoms with Gasteiger partial charge in [0, 0.05) is 29.4 Å². The average Bonchev–Trinajstić information content (AvgIpc) is 2.69. The van der Waals surface area contributed by atoms with Crippen LogP contribution in [0.3, 0.4) is 0 Å². The van der Waals surface area contributed by atoms with Crippen LogP contribution in [0.5, 0.6) is 0 Å². The zero-order valence-corrected chi connectivity index (χ0v) is 13.6. The van der Waals surface area contributed by atoms with Crippen LogP contribution in [0.15, 0.2) is 18.7 Å². The van der Waals surface area contributed by atoms with Crippen LogP contribution in [0.4, 0.5) is 0 Å². The van der Waals surface area contributed by atoms with Crippen LogP contribution in [-0.4, -0.2) is 24.5 Å². The lowest BCUT2D eigenvalue weighted by atomic mass is 10.2. The van der Waals surface area contributed by atoms with Gasteiger partial charge in [0.2, 0.25) is 0 Å². The molecule has 108 valence electrons. The molecule has 0 unspecified atom stereocenters. The molecule has 3 heteroatoms. The van der Waals surface area contributed by atoms with E-state index in [1.807, 2.05) is 17.4 Å².